The van der Waals surface area contributed by atoms with Crippen LogP contribution in [0.15, 0.2) is 48.5 Å². The lowest BCUT2D eigenvalue weighted by atomic mass is 9.73. The lowest BCUT2D eigenvalue weighted by molar-refractivity contribution is -0.137. The van der Waals surface area contributed by atoms with Crippen molar-refractivity contribution in [1.29, 1.82) is 0 Å². The van der Waals surface area contributed by atoms with Crippen molar-refractivity contribution in [2.24, 2.45) is 5.41 Å². The molecule has 2 aromatic carbocycles. The molecule has 0 aromatic heterocycles. The highest BCUT2D eigenvalue weighted by Crippen LogP contribution is 2.39. The second-order valence-corrected chi connectivity index (χ2v) is 7.48. The summed E-state index contributed by atoms with van der Waals surface area (Å²) in [5, 5.41) is 12.3. The molecule has 0 aliphatic carbocycles. The van der Waals surface area contributed by atoms with E-state index in [2.05, 4.69) is 17.4 Å². The van der Waals surface area contributed by atoms with Crippen molar-refractivity contribution in [3.05, 3.63) is 54.1 Å². The SMILES string of the molecule is COc1ccccc1-c1ccccc1CC1(C(=O)NC(C)CO)CCOCC1. The molecule has 3 rings (SSSR count). The highest BCUT2D eigenvalue weighted by molar-refractivity contribution is 5.84. The molecule has 1 fully saturated rings. The Morgan fingerprint density at radius 2 is 1.79 bits per heavy atom. The van der Waals surface area contributed by atoms with Gasteiger partial charge in [-0.05, 0) is 43.4 Å². The van der Waals surface area contributed by atoms with Crippen molar-refractivity contribution in [3.8, 4) is 16.9 Å². The summed E-state index contributed by atoms with van der Waals surface area (Å²) in [7, 11) is 1.67. The molecule has 2 aromatic rings. The molecule has 0 spiro atoms. The van der Waals surface area contributed by atoms with Gasteiger partial charge in [0.1, 0.15) is 5.75 Å². The summed E-state index contributed by atoms with van der Waals surface area (Å²) in [5.74, 6) is 0.807. The first-order valence-electron chi connectivity index (χ1n) is 9.80. The lowest BCUT2D eigenvalue weighted by Crippen LogP contribution is -2.49. The van der Waals surface area contributed by atoms with Gasteiger partial charge >= 0.3 is 0 Å². The molecule has 2 N–H and O–H groups in total. The van der Waals surface area contributed by atoms with E-state index in [0.717, 1.165) is 22.4 Å². The van der Waals surface area contributed by atoms with Crippen LogP contribution in [-0.2, 0) is 16.0 Å². The van der Waals surface area contributed by atoms with Crippen LogP contribution in [0.2, 0.25) is 0 Å². The second kappa shape index (κ2) is 9.22. The Labute approximate surface area is 166 Å². The average Bonchev–Trinajstić information content (AvgIpc) is 2.74. The van der Waals surface area contributed by atoms with E-state index in [1.807, 2.05) is 43.3 Å². The molecule has 5 heteroatoms. The predicted molar refractivity (Wildman–Crippen MR) is 109 cm³/mol. The van der Waals surface area contributed by atoms with Crippen LogP contribution >= 0.6 is 0 Å². The number of carbonyl (C=O) groups is 1. The first-order chi connectivity index (χ1) is 13.6. The van der Waals surface area contributed by atoms with Gasteiger partial charge in [0.15, 0.2) is 0 Å². The zero-order valence-corrected chi connectivity index (χ0v) is 16.6. The fourth-order valence-corrected chi connectivity index (χ4v) is 3.84. The highest BCUT2D eigenvalue weighted by atomic mass is 16.5. The molecule has 28 heavy (non-hydrogen) atoms. The van der Waals surface area contributed by atoms with Gasteiger partial charge in [-0.2, -0.15) is 0 Å². The Morgan fingerprint density at radius 1 is 1.14 bits per heavy atom. The summed E-state index contributed by atoms with van der Waals surface area (Å²) in [6.45, 7) is 2.87. The minimum Gasteiger partial charge on any atom is -0.496 e. The molecule has 0 saturated carbocycles. The molecule has 1 unspecified atom stereocenters. The highest BCUT2D eigenvalue weighted by Gasteiger charge is 2.41. The molecule has 1 aliphatic rings. The van der Waals surface area contributed by atoms with Crippen LogP contribution in [0, 0.1) is 5.41 Å². The largest absolute Gasteiger partial charge is 0.496 e. The van der Waals surface area contributed by atoms with E-state index in [4.69, 9.17) is 9.47 Å². The van der Waals surface area contributed by atoms with Crippen LogP contribution in [0.25, 0.3) is 11.1 Å². The number of hydrogen-bond acceptors (Lipinski definition) is 4. The third kappa shape index (κ3) is 4.37. The Morgan fingerprint density at radius 3 is 2.46 bits per heavy atom. The number of amides is 1. The van der Waals surface area contributed by atoms with E-state index in [-0.39, 0.29) is 18.6 Å². The molecule has 150 valence electrons. The van der Waals surface area contributed by atoms with Crippen LogP contribution in [0.3, 0.4) is 0 Å². The van der Waals surface area contributed by atoms with Crippen molar-refractivity contribution in [1.82, 2.24) is 5.32 Å². The molecule has 1 saturated heterocycles. The number of carbonyl (C=O) groups excluding carboxylic acids is 1. The van der Waals surface area contributed by atoms with Crippen LogP contribution < -0.4 is 10.1 Å². The zero-order valence-electron chi connectivity index (χ0n) is 16.6. The standard InChI is InChI=1S/C23H29NO4/c1-17(16-25)24-22(26)23(11-13-28-14-12-23)15-18-7-3-4-8-19(18)20-9-5-6-10-21(20)27-2/h3-10,17,25H,11-16H2,1-2H3,(H,24,26). The normalized spacial score (nSPS) is 17.0. The number of aliphatic hydroxyl groups is 1. The molecule has 0 bridgehead atoms. The van der Waals surface area contributed by atoms with Gasteiger partial charge in [0.25, 0.3) is 0 Å². The van der Waals surface area contributed by atoms with Gasteiger partial charge in [0.05, 0.1) is 19.1 Å². The smallest absolute Gasteiger partial charge is 0.227 e. The predicted octanol–water partition coefficient (Wildman–Crippen LogP) is 3.20. The summed E-state index contributed by atoms with van der Waals surface area (Å²) in [6.07, 6.45) is 1.95. The minimum absolute atomic E-state index is 0.00724. The molecule has 5 nitrogen and oxygen atoms in total. The molecular formula is C23H29NO4. The van der Waals surface area contributed by atoms with Crippen LogP contribution in [0.4, 0.5) is 0 Å². The summed E-state index contributed by atoms with van der Waals surface area (Å²) in [5.41, 5.74) is 2.67. The van der Waals surface area contributed by atoms with Crippen molar-refractivity contribution in [3.63, 3.8) is 0 Å². The fraction of sp³-hybridized carbons (Fsp3) is 0.435. The minimum atomic E-state index is -0.542. The van der Waals surface area contributed by atoms with Crippen molar-refractivity contribution >= 4 is 5.91 Å². The maximum atomic E-state index is 13.2. The van der Waals surface area contributed by atoms with E-state index >= 15 is 0 Å². The fourth-order valence-electron chi connectivity index (χ4n) is 3.84. The van der Waals surface area contributed by atoms with Crippen molar-refractivity contribution < 1.29 is 19.4 Å². The first kappa shape index (κ1) is 20.4. The Hall–Kier alpha value is -2.37. The van der Waals surface area contributed by atoms with E-state index in [1.54, 1.807) is 7.11 Å². The number of nitrogens with one attached hydrogen (secondary N) is 1. The first-order valence-corrected chi connectivity index (χ1v) is 9.80. The maximum absolute atomic E-state index is 13.2. The van der Waals surface area contributed by atoms with Gasteiger partial charge in [-0.1, -0.05) is 42.5 Å². The summed E-state index contributed by atoms with van der Waals surface area (Å²) < 4.78 is 11.1. The maximum Gasteiger partial charge on any atom is 0.227 e. The summed E-state index contributed by atoms with van der Waals surface area (Å²) >= 11 is 0. The monoisotopic (exact) mass is 383 g/mol. The molecule has 1 atom stereocenters. The van der Waals surface area contributed by atoms with Gasteiger partial charge in [-0.3, -0.25) is 4.79 Å². The number of aliphatic hydroxyl groups excluding tert-OH is 1. The van der Waals surface area contributed by atoms with Crippen molar-refractivity contribution in [2.45, 2.75) is 32.2 Å². The van der Waals surface area contributed by atoms with Gasteiger partial charge in [0, 0.05) is 24.8 Å². The van der Waals surface area contributed by atoms with E-state index < -0.39 is 5.41 Å². The molecular weight excluding hydrogens is 354 g/mol. The Bertz CT molecular complexity index is 799. The second-order valence-electron chi connectivity index (χ2n) is 7.48. The van der Waals surface area contributed by atoms with E-state index in [1.165, 1.54) is 0 Å². The lowest BCUT2D eigenvalue weighted by Gasteiger charge is -2.37. The Kier molecular flexibility index (Phi) is 6.70. The van der Waals surface area contributed by atoms with Gasteiger partial charge in [0.2, 0.25) is 5.91 Å². The van der Waals surface area contributed by atoms with Crippen LogP contribution in [-0.4, -0.2) is 44.0 Å². The average molecular weight is 383 g/mol. The topological polar surface area (TPSA) is 67.8 Å². The molecule has 1 aliphatic heterocycles. The molecule has 1 heterocycles. The van der Waals surface area contributed by atoms with Gasteiger partial charge in [-0.15, -0.1) is 0 Å². The number of hydrogen-bond donors (Lipinski definition) is 2. The van der Waals surface area contributed by atoms with E-state index in [9.17, 15) is 9.90 Å². The van der Waals surface area contributed by atoms with Gasteiger partial charge < -0.3 is 19.9 Å². The number of benzene rings is 2. The Balaban J connectivity index is 1.97. The zero-order chi connectivity index (χ0) is 20.0. The number of rotatable bonds is 7. The van der Waals surface area contributed by atoms with Crippen molar-refractivity contribution in [2.75, 3.05) is 26.9 Å². The third-order valence-corrected chi connectivity index (χ3v) is 5.53. The van der Waals surface area contributed by atoms with Crippen LogP contribution in [0.5, 0.6) is 5.75 Å². The summed E-state index contributed by atoms with van der Waals surface area (Å²) in [6, 6.07) is 15.9. The molecule has 1 amide bonds. The number of para-hydroxylation sites is 1. The van der Waals surface area contributed by atoms with E-state index in [0.29, 0.717) is 32.5 Å². The molecule has 0 radical (unpaired) electrons. The number of methoxy groups -OCH3 is 1. The summed E-state index contributed by atoms with van der Waals surface area (Å²) in [4.78, 5) is 13.2. The quantitative estimate of drug-likeness (QED) is 0.771. The van der Waals surface area contributed by atoms with Crippen LogP contribution in [0.1, 0.15) is 25.3 Å². The van der Waals surface area contributed by atoms with Gasteiger partial charge in [-0.25, -0.2) is 0 Å². The third-order valence-electron chi connectivity index (χ3n) is 5.53. The number of ether oxygens (including phenoxy) is 2.